The third kappa shape index (κ3) is 2.73. The highest BCUT2D eigenvalue weighted by atomic mass is 19.1. The largest absolute Gasteiger partial charge is 0.385 e. The highest BCUT2D eigenvalue weighted by Gasteiger charge is 2.34. The van der Waals surface area contributed by atoms with Crippen LogP contribution in [0.1, 0.15) is 37.3 Å². The molecule has 2 nitrogen and oxygen atoms in total. The van der Waals surface area contributed by atoms with Crippen molar-refractivity contribution in [1.82, 2.24) is 4.90 Å². The molecule has 1 heterocycles. The fraction of sp³-hybridized carbons (Fsp3) is 0.600. The molecular formula is C15H22FNO. The molecule has 18 heavy (non-hydrogen) atoms. The predicted octanol–water partition coefficient (Wildman–Crippen LogP) is 2.83. The average Bonchev–Trinajstić information content (AvgIpc) is 2.32. The molecule has 1 N–H and O–H groups in total. The lowest BCUT2D eigenvalue weighted by Gasteiger charge is -2.39. The second-order valence-corrected chi connectivity index (χ2v) is 5.33. The van der Waals surface area contributed by atoms with Gasteiger partial charge in [-0.3, -0.25) is 0 Å². The molecule has 0 aliphatic carbocycles. The van der Waals surface area contributed by atoms with Crippen LogP contribution in [-0.2, 0) is 5.60 Å². The smallest absolute Gasteiger partial charge is 0.123 e. The summed E-state index contributed by atoms with van der Waals surface area (Å²) in [5.41, 5.74) is 0.962. The van der Waals surface area contributed by atoms with Gasteiger partial charge in [-0.2, -0.15) is 0 Å². The normalized spacial score (nSPS) is 20.0. The number of hydrogen-bond donors (Lipinski definition) is 1. The summed E-state index contributed by atoms with van der Waals surface area (Å²) in [5, 5.41) is 10.8. The van der Waals surface area contributed by atoms with Crippen molar-refractivity contribution in [3.05, 3.63) is 35.1 Å². The number of likely N-dealkylation sites (tertiary alicyclic amines) is 1. The van der Waals surface area contributed by atoms with Gasteiger partial charge in [-0.1, -0.05) is 13.0 Å². The summed E-state index contributed by atoms with van der Waals surface area (Å²) in [6.45, 7) is 6.97. The molecule has 2 rings (SSSR count). The third-order valence-corrected chi connectivity index (χ3v) is 3.91. The van der Waals surface area contributed by atoms with Gasteiger partial charge in [-0.05, 0) is 56.0 Å². The molecule has 1 aromatic carbocycles. The van der Waals surface area contributed by atoms with Crippen LogP contribution in [0.3, 0.4) is 0 Å². The molecular weight excluding hydrogens is 229 g/mol. The summed E-state index contributed by atoms with van der Waals surface area (Å²) in [5.74, 6) is -0.233. The quantitative estimate of drug-likeness (QED) is 0.893. The Bertz CT molecular complexity index is 411. The number of aryl methyl sites for hydroxylation is 1. The first-order valence-corrected chi connectivity index (χ1v) is 6.76. The van der Waals surface area contributed by atoms with Gasteiger partial charge < -0.3 is 10.0 Å². The Hall–Kier alpha value is -0.930. The van der Waals surface area contributed by atoms with E-state index in [1.165, 1.54) is 12.1 Å². The lowest BCUT2D eigenvalue weighted by Crippen LogP contribution is -2.43. The number of aliphatic hydroxyl groups is 1. The van der Waals surface area contributed by atoms with Crippen LogP contribution >= 0.6 is 0 Å². The number of rotatable bonds is 3. The van der Waals surface area contributed by atoms with E-state index in [0.29, 0.717) is 0 Å². The predicted molar refractivity (Wildman–Crippen MR) is 71.0 cm³/mol. The lowest BCUT2D eigenvalue weighted by atomic mass is 9.82. The second kappa shape index (κ2) is 5.37. The van der Waals surface area contributed by atoms with Gasteiger partial charge in [0.25, 0.3) is 0 Å². The molecule has 1 saturated heterocycles. The van der Waals surface area contributed by atoms with Crippen molar-refractivity contribution in [3.63, 3.8) is 0 Å². The molecule has 100 valence electrons. The molecule has 0 aromatic heterocycles. The van der Waals surface area contributed by atoms with E-state index in [9.17, 15) is 9.50 Å². The van der Waals surface area contributed by atoms with Gasteiger partial charge in [0.15, 0.2) is 0 Å². The van der Waals surface area contributed by atoms with E-state index in [4.69, 9.17) is 0 Å². The van der Waals surface area contributed by atoms with Gasteiger partial charge in [0.05, 0.1) is 5.60 Å². The van der Waals surface area contributed by atoms with Crippen molar-refractivity contribution in [2.24, 2.45) is 0 Å². The third-order valence-electron chi connectivity index (χ3n) is 3.91. The van der Waals surface area contributed by atoms with Crippen LogP contribution in [0.4, 0.5) is 4.39 Å². The molecule has 0 atom stereocenters. The summed E-state index contributed by atoms with van der Waals surface area (Å²) in [6.07, 6.45) is 2.62. The molecule has 1 aliphatic heterocycles. The molecule has 0 saturated carbocycles. The van der Waals surface area contributed by atoms with Crippen molar-refractivity contribution in [2.75, 3.05) is 19.6 Å². The van der Waals surface area contributed by atoms with E-state index in [1.807, 2.05) is 6.92 Å². The molecule has 1 aliphatic rings. The second-order valence-electron chi connectivity index (χ2n) is 5.33. The molecule has 3 heteroatoms. The lowest BCUT2D eigenvalue weighted by molar-refractivity contribution is -0.0262. The zero-order valence-electron chi connectivity index (χ0n) is 11.2. The van der Waals surface area contributed by atoms with Gasteiger partial charge in [-0.15, -0.1) is 0 Å². The summed E-state index contributed by atoms with van der Waals surface area (Å²) in [4.78, 5) is 2.38. The average molecular weight is 251 g/mol. The molecule has 0 bridgehead atoms. The van der Waals surface area contributed by atoms with Crippen molar-refractivity contribution < 1.29 is 9.50 Å². The topological polar surface area (TPSA) is 23.5 Å². The first-order chi connectivity index (χ1) is 8.55. The minimum absolute atomic E-state index is 0.233. The summed E-state index contributed by atoms with van der Waals surface area (Å²) < 4.78 is 13.1. The van der Waals surface area contributed by atoms with Gasteiger partial charge in [-0.25, -0.2) is 4.39 Å². The van der Waals surface area contributed by atoms with Crippen LogP contribution in [0, 0.1) is 12.7 Å². The Labute approximate surface area is 108 Å². The van der Waals surface area contributed by atoms with Crippen LogP contribution in [0.5, 0.6) is 0 Å². The summed E-state index contributed by atoms with van der Waals surface area (Å²) in [7, 11) is 0. The Kier molecular flexibility index (Phi) is 4.03. The Morgan fingerprint density at radius 2 is 2.00 bits per heavy atom. The Balaban J connectivity index is 2.13. The van der Waals surface area contributed by atoms with E-state index >= 15 is 0 Å². The SMILES string of the molecule is CCCN1CCC(O)(c2ccc(F)cc2C)CC1. The first-order valence-electron chi connectivity index (χ1n) is 6.76. The zero-order valence-corrected chi connectivity index (χ0v) is 11.2. The van der Waals surface area contributed by atoms with Crippen LogP contribution < -0.4 is 0 Å². The van der Waals surface area contributed by atoms with Crippen molar-refractivity contribution in [3.8, 4) is 0 Å². The van der Waals surface area contributed by atoms with Crippen molar-refractivity contribution >= 4 is 0 Å². The number of hydrogen-bond acceptors (Lipinski definition) is 2. The number of nitrogens with zero attached hydrogens (tertiary/aromatic N) is 1. The molecule has 1 fully saturated rings. The summed E-state index contributed by atoms with van der Waals surface area (Å²) in [6, 6.07) is 4.69. The maximum Gasteiger partial charge on any atom is 0.123 e. The van der Waals surface area contributed by atoms with Crippen LogP contribution in [0.2, 0.25) is 0 Å². The highest BCUT2D eigenvalue weighted by Crippen LogP contribution is 2.34. The fourth-order valence-electron chi connectivity index (χ4n) is 2.88. The van der Waals surface area contributed by atoms with E-state index in [1.54, 1.807) is 6.07 Å². The zero-order chi connectivity index (χ0) is 13.2. The standard InChI is InChI=1S/C15H22FNO/c1-3-8-17-9-6-15(18,7-10-17)14-5-4-13(16)11-12(14)2/h4-5,11,18H,3,6-10H2,1-2H3. The van der Waals surface area contributed by atoms with Crippen molar-refractivity contribution in [1.29, 1.82) is 0 Å². The monoisotopic (exact) mass is 251 g/mol. The molecule has 1 aromatic rings. The maximum absolute atomic E-state index is 13.1. The maximum atomic E-state index is 13.1. The van der Waals surface area contributed by atoms with Crippen molar-refractivity contribution in [2.45, 2.75) is 38.7 Å². The Morgan fingerprint density at radius 1 is 1.33 bits per heavy atom. The number of benzene rings is 1. The number of piperidine rings is 1. The van der Waals surface area contributed by atoms with E-state index in [2.05, 4.69) is 11.8 Å². The van der Waals surface area contributed by atoms with Crippen LogP contribution in [0.25, 0.3) is 0 Å². The summed E-state index contributed by atoms with van der Waals surface area (Å²) >= 11 is 0. The Morgan fingerprint density at radius 3 is 2.56 bits per heavy atom. The van der Waals surface area contributed by atoms with Crippen LogP contribution in [0.15, 0.2) is 18.2 Å². The fourth-order valence-corrected chi connectivity index (χ4v) is 2.88. The van der Waals surface area contributed by atoms with Gasteiger partial charge in [0, 0.05) is 13.1 Å². The van der Waals surface area contributed by atoms with Gasteiger partial charge >= 0.3 is 0 Å². The number of halogens is 1. The van der Waals surface area contributed by atoms with E-state index < -0.39 is 5.60 Å². The minimum Gasteiger partial charge on any atom is -0.385 e. The van der Waals surface area contributed by atoms with Gasteiger partial charge in [0.1, 0.15) is 5.82 Å². The first kappa shape index (κ1) is 13.5. The molecule has 0 unspecified atom stereocenters. The van der Waals surface area contributed by atoms with E-state index in [0.717, 1.165) is 50.0 Å². The minimum atomic E-state index is -0.776. The van der Waals surface area contributed by atoms with Gasteiger partial charge in [0.2, 0.25) is 0 Å². The highest BCUT2D eigenvalue weighted by molar-refractivity contribution is 5.32. The molecule has 0 spiro atoms. The molecule has 0 amide bonds. The van der Waals surface area contributed by atoms with Crippen LogP contribution in [-0.4, -0.2) is 29.6 Å². The van der Waals surface area contributed by atoms with E-state index in [-0.39, 0.29) is 5.82 Å². The molecule has 0 radical (unpaired) electrons.